The van der Waals surface area contributed by atoms with E-state index in [-0.39, 0.29) is 13.2 Å². The highest BCUT2D eigenvalue weighted by atomic mass is 16.8. The van der Waals surface area contributed by atoms with Crippen molar-refractivity contribution < 1.29 is 69.6 Å². The van der Waals surface area contributed by atoms with Crippen LogP contribution in [0.3, 0.4) is 0 Å². The van der Waals surface area contributed by atoms with E-state index >= 15 is 0 Å². The van der Waals surface area contributed by atoms with E-state index in [4.69, 9.17) is 23.7 Å². The summed E-state index contributed by atoms with van der Waals surface area (Å²) in [5.74, 6) is -1.06. The van der Waals surface area contributed by atoms with Gasteiger partial charge in [-0.05, 0) is 11.6 Å². The maximum Gasteiger partial charge on any atom is 0.209 e. The van der Waals surface area contributed by atoms with Crippen molar-refractivity contribution >= 4 is 0 Å². The third-order valence-electron chi connectivity index (χ3n) is 6.85. The average Bonchev–Trinajstić information content (AvgIpc) is 3.23. The monoisotopic (exact) mass is 508 g/mol. The van der Waals surface area contributed by atoms with Crippen molar-refractivity contribution in [2.75, 3.05) is 19.8 Å². The Balaban J connectivity index is 1.43. The van der Waals surface area contributed by atoms with Crippen LogP contribution in [0.25, 0.3) is 0 Å². The van der Waals surface area contributed by atoms with Gasteiger partial charge in [0.2, 0.25) is 6.29 Å². The van der Waals surface area contributed by atoms with Crippen molar-refractivity contribution in [3.05, 3.63) is 24.0 Å². The molecule has 3 heterocycles. The van der Waals surface area contributed by atoms with Crippen LogP contribution in [0, 0.1) is 11.8 Å². The van der Waals surface area contributed by atoms with Crippen LogP contribution >= 0.6 is 0 Å². The summed E-state index contributed by atoms with van der Waals surface area (Å²) in [6.07, 6.45) is -12.3. The number of aliphatic hydroxyl groups is 9. The Hall–Kier alpha value is -1.24. The second-order valence-electron chi connectivity index (χ2n) is 9.00. The van der Waals surface area contributed by atoms with E-state index in [2.05, 4.69) is 0 Å². The van der Waals surface area contributed by atoms with Crippen molar-refractivity contribution in [2.45, 2.75) is 73.8 Å². The maximum absolute atomic E-state index is 10.3. The standard InChI is InChI=1S/C21H32O14/c22-4-7-3-9(32-6-11-14(25)15(26)17(28)19(30)33-11)8-1-2-31-20(12(7)8)35-21-18(29)16(27)13(24)10(5-23)34-21/h1-3,8-30H,4-6H2/t8-,9-,10-,11-,12+,13-,14-,15+,16+,17-,18-,19-,20+,21+/m1/s1. The Morgan fingerprint density at radius 3 is 2.14 bits per heavy atom. The molecule has 2 saturated heterocycles. The molecule has 200 valence electrons. The van der Waals surface area contributed by atoms with E-state index in [9.17, 15) is 46.0 Å². The number of hydrogen-bond acceptors (Lipinski definition) is 14. The molecular weight excluding hydrogens is 476 g/mol. The molecule has 14 heteroatoms. The van der Waals surface area contributed by atoms with Gasteiger partial charge in [0.25, 0.3) is 0 Å². The van der Waals surface area contributed by atoms with Crippen LogP contribution in [0.2, 0.25) is 0 Å². The predicted molar refractivity (Wildman–Crippen MR) is 110 cm³/mol. The second-order valence-corrected chi connectivity index (χ2v) is 9.00. The van der Waals surface area contributed by atoms with Crippen LogP contribution in [0.5, 0.6) is 0 Å². The number of fused-ring (bicyclic) bond motifs is 1. The topological polar surface area (TPSA) is 228 Å². The van der Waals surface area contributed by atoms with Crippen LogP contribution in [-0.4, -0.2) is 140 Å². The molecule has 0 unspecified atom stereocenters. The molecule has 14 atom stereocenters. The molecule has 0 bridgehead atoms. The Morgan fingerprint density at radius 1 is 0.771 bits per heavy atom. The van der Waals surface area contributed by atoms with E-state index in [1.54, 1.807) is 12.2 Å². The van der Waals surface area contributed by atoms with Crippen molar-refractivity contribution in [1.82, 2.24) is 0 Å². The third-order valence-corrected chi connectivity index (χ3v) is 6.85. The summed E-state index contributed by atoms with van der Waals surface area (Å²) in [4.78, 5) is 0. The molecule has 0 aromatic rings. The first-order valence-electron chi connectivity index (χ1n) is 11.3. The minimum absolute atomic E-state index is 0.266. The lowest BCUT2D eigenvalue weighted by Crippen LogP contribution is -2.60. The van der Waals surface area contributed by atoms with E-state index in [0.29, 0.717) is 5.57 Å². The fourth-order valence-electron chi connectivity index (χ4n) is 4.79. The van der Waals surface area contributed by atoms with Gasteiger partial charge < -0.3 is 69.6 Å². The molecule has 0 spiro atoms. The first-order chi connectivity index (χ1) is 16.7. The van der Waals surface area contributed by atoms with Gasteiger partial charge in [-0.15, -0.1) is 0 Å². The molecule has 9 N–H and O–H groups in total. The van der Waals surface area contributed by atoms with Crippen molar-refractivity contribution in [2.24, 2.45) is 11.8 Å². The summed E-state index contributed by atoms with van der Waals surface area (Å²) in [5, 5.41) is 88.9. The maximum atomic E-state index is 10.3. The highest BCUT2D eigenvalue weighted by Gasteiger charge is 2.50. The first-order valence-corrected chi connectivity index (χ1v) is 11.3. The summed E-state index contributed by atoms with van der Waals surface area (Å²) in [5.41, 5.74) is 0.472. The van der Waals surface area contributed by atoms with Crippen molar-refractivity contribution in [3.63, 3.8) is 0 Å². The van der Waals surface area contributed by atoms with Gasteiger partial charge in [-0.1, -0.05) is 6.08 Å². The molecule has 0 aromatic carbocycles. The summed E-state index contributed by atoms with van der Waals surface area (Å²) in [6.45, 7) is -1.29. The fraction of sp³-hybridized carbons (Fsp3) is 0.810. The van der Waals surface area contributed by atoms with E-state index in [1.165, 1.54) is 6.26 Å². The van der Waals surface area contributed by atoms with Crippen LogP contribution in [-0.2, 0) is 23.7 Å². The van der Waals surface area contributed by atoms with E-state index < -0.39 is 92.2 Å². The number of rotatable bonds is 7. The fourth-order valence-corrected chi connectivity index (χ4v) is 4.79. The molecule has 2 fully saturated rings. The Kier molecular flexibility index (Phi) is 8.44. The first kappa shape index (κ1) is 26.8. The van der Waals surface area contributed by atoms with Crippen LogP contribution in [0.15, 0.2) is 24.0 Å². The lowest BCUT2D eigenvalue weighted by atomic mass is 9.88. The average molecular weight is 508 g/mol. The van der Waals surface area contributed by atoms with Crippen LogP contribution < -0.4 is 0 Å². The summed E-state index contributed by atoms with van der Waals surface area (Å²) >= 11 is 0. The number of ether oxygens (including phenoxy) is 5. The zero-order chi connectivity index (χ0) is 25.4. The second kappa shape index (κ2) is 11.0. The normalized spacial score (nSPS) is 49.9. The van der Waals surface area contributed by atoms with Crippen LogP contribution in [0.1, 0.15) is 0 Å². The molecular formula is C21H32O14. The molecule has 4 aliphatic rings. The zero-order valence-corrected chi connectivity index (χ0v) is 18.5. The van der Waals surface area contributed by atoms with E-state index in [0.717, 1.165) is 0 Å². The lowest BCUT2D eigenvalue weighted by Gasteiger charge is -2.42. The summed E-state index contributed by atoms with van der Waals surface area (Å²) in [6, 6.07) is 0. The van der Waals surface area contributed by atoms with Gasteiger partial charge in [-0.2, -0.15) is 0 Å². The largest absolute Gasteiger partial charge is 0.472 e. The van der Waals surface area contributed by atoms with Gasteiger partial charge in [0, 0.05) is 5.92 Å². The Labute approximate surface area is 199 Å². The molecule has 0 radical (unpaired) electrons. The molecule has 35 heavy (non-hydrogen) atoms. The molecule has 14 nitrogen and oxygen atoms in total. The highest BCUT2D eigenvalue weighted by molar-refractivity contribution is 5.26. The molecule has 1 aliphatic carbocycles. The minimum Gasteiger partial charge on any atom is -0.472 e. The SMILES string of the molecule is OCC1=C[C@@H](OC[C@H]2O[C@@H](O)[C@H](O)[C@@H](O)[C@@H]2O)[C@H]2C=CO[C@@H](O[C@@H]3O[C@H](CO)[C@@H](O)[C@H](O)[C@H]3O)[C@@H]12. The van der Waals surface area contributed by atoms with Gasteiger partial charge in [0.15, 0.2) is 12.6 Å². The minimum atomic E-state index is -1.71. The summed E-state index contributed by atoms with van der Waals surface area (Å²) < 4.78 is 27.6. The number of aliphatic hydroxyl groups excluding tert-OH is 9. The van der Waals surface area contributed by atoms with Crippen LogP contribution in [0.4, 0.5) is 0 Å². The van der Waals surface area contributed by atoms with Gasteiger partial charge in [0.1, 0.15) is 48.8 Å². The number of hydrogen-bond donors (Lipinski definition) is 9. The molecule has 0 saturated carbocycles. The van der Waals surface area contributed by atoms with Gasteiger partial charge in [-0.3, -0.25) is 0 Å². The van der Waals surface area contributed by atoms with Gasteiger partial charge in [0.05, 0.1) is 38.1 Å². The summed E-state index contributed by atoms with van der Waals surface area (Å²) in [7, 11) is 0. The predicted octanol–water partition coefficient (Wildman–Crippen LogP) is -4.98. The smallest absolute Gasteiger partial charge is 0.209 e. The van der Waals surface area contributed by atoms with Gasteiger partial charge in [-0.25, -0.2) is 0 Å². The molecule has 0 aromatic heterocycles. The molecule has 4 rings (SSSR count). The molecule has 3 aliphatic heterocycles. The lowest BCUT2D eigenvalue weighted by molar-refractivity contribution is -0.340. The third kappa shape index (κ3) is 5.13. The van der Waals surface area contributed by atoms with Gasteiger partial charge >= 0.3 is 0 Å². The van der Waals surface area contributed by atoms with E-state index in [1.807, 2.05) is 0 Å². The highest BCUT2D eigenvalue weighted by Crippen LogP contribution is 2.42. The Bertz CT molecular complexity index is 775. The Morgan fingerprint density at radius 2 is 1.46 bits per heavy atom. The zero-order valence-electron chi connectivity index (χ0n) is 18.5. The van der Waals surface area contributed by atoms with Crippen molar-refractivity contribution in [3.8, 4) is 0 Å². The van der Waals surface area contributed by atoms with Crippen molar-refractivity contribution in [1.29, 1.82) is 0 Å². The molecule has 0 amide bonds. The quantitative estimate of drug-likeness (QED) is 0.147.